The van der Waals surface area contributed by atoms with Gasteiger partial charge in [0.15, 0.2) is 10.0 Å². The number of benzene rings is 1. The molecule has 0 saturated heterocycles. The third-order valence-corrected chi connectivity index (χ3v) is 3.64. The number of hydrogen-bond acceptors (Lipinski definition) is 6. The van der Waals surface area contributed by atoms with Crippen LogP contribution in [-0.4, -0.2) is 21.0 Å². The summed E-state index contributed by atoms with van der Waals surface area (Å²) in [5, 5.41) is 19.5. The van der Waals surface area contributed by atoms with Crippen molar-refractivity contribution in [2.75, 3.05) is 0 Å². The molecule has 1 aromatic heterocycles. The summed E-state index contributed by atoms with van der Waals surface area (Å²) in [6.45, 7) is 1.63. The Morgan fingerprint density at radius 2 is 2.25 bits per heavy atom. The highest BCUT2D eigenvalue weighted by molar-refractivity contribution is 7.15. The monoisotopic (exact) mass is 314 g/mol. The molecule has 104 valence electrons. The minimum atomic E-state index is -1.23. The van der Waals surface area contributed by atoms with Crippen molar-refractivity contribution in [2.45, 2.75) is 6.92 Å². The number of ether oxygens (including phenoxy) is 1. The van der Waals surface area contributed by atoms with Crippen LogP contribution < -0.4 is 4.74 Å². The van der Waals surface area contributed by atoms with Gasteiger partial charge in [0.1, 0.15) is 0 Å². The zero-order chi connectivity index (χ0) is 14.9. The lowest BCUT2D eigenvalue weighted by atomic mass is 10.2. The van der Waals surface area contributed by atoms with Gasteiger partial charge in [0.05, 0.1) is 4.92 Å². The van der Waals surface area contributed by atoms with Gasteiger partial charge in [-0.1, -0.05) is 35.1 Å². The van der Waals surface area contributed by atoms with Crippen molar-refractivity contribution in [1.29, 1.82) is 0 Å². The lowest BCUT2D eigenvalue weighted by Crippen LogP contribution is -1.95. The average Bonchev–Trinajstić information content (AvgIpc) is 2.72. The first-order chi connectivity index (χ1) is 9.40. The van der Waals surface area contributed by atoms with E-state index in [1.165, 1.54) is 12.1 Å². The van der Waals surface area contributed by atoms with Crippen molar-refractivity contribution in [3.05, 3.63) is 43.9 Å². The zero-order valence-electron chi connectivity index (χ0n) is 9.99. The summed E-state index contributed by atoms with van der Waals surface area (Å²) in [6, 6.07) is 4.45. The standard InChI is InChI=1S/C11H7ClN2O5S/c1-5-3-2-4-6(14(17)18)7(5)19-11-13-9(12)8(20-11)10(15)16/h2-4H,1H3,(H,15,16). The quantitative estimate of drug-likeness (QED) is 0.684. The molecule has 0 aliphatic rings. The molecule has 0 saturated carbocycles. The minimum absolute atomic E-state index is 0.0138. The lowest BCUT2D eigenvalue weighted by Gasteiger charge is -2.05. The Labute approximate surface area is 121 Å². The van der Waals surface area contributed by atoms with Gasteiger partial charge in [-0.2, -0.15) is 4.98 Å². The number of aromatic carboxylic acids is 1. The Balaban J connectivity index is 2.42. The van der Waals surface area contributed by atoms with Crippen molar-refractivity contribution in [3.63, 3.8) is 0 Å². The zero-order valence-corrected chi connectivity index (χ0v) is 11.6. The Kier molecular flexibility index (Phi) is 3.86. The van der Waals surface area contributed by atoms with Gasteiger partial charge in [-0.3, -0.25) is 10.1 Å². The summed E-state index contributed by atoms with van der Waals surface area (Å²) in [7, 11) is 0. The largest absolute Gasteiger partial charge is 0.477 e. The van der Waals surface area contributed by atoms with Crippen molar-refractivity contribution < 1.29 is 19.6 Å². The number of hydrogen-bond donors (Lipinski definition) is 1. The van der Waals surface area contributed by atoms with E-state index >= 15 is 0 Å². The number of para-hydroxylation sites is 1. The molecule has 0 radical (unpaired) electrons. The molecule has 0 aliphatic carbocycles. The van der Waals surface area contributed by atoms with E-state index in [0.29, 0.717) is 16.9 Å². The fraction of sp³-hybridized carbons (Fsp3) is 0.0909. The molecule has 1 aromatic carbocycles. The molecule has 7 nitrogen and oxygen atoms in total. The van der Waals surface area contributed by atoms with Gasteiger partial charge in [0.2, 0.25) is 5.75 Å². The third-order valence-electron chi connectivity index (χ3n) is 2.34. The summed E-state index contributed by atoms with van der Waals surface area (Å²) in [4.78, 5) is 24.7. The molecule has 9 heteroatoms. The third kappa shape index (κ3) is 2.70. The van der Waals surface area contributed by atoms with E-state index in [1.807, 2.05) is 0 Å². The number of thiazole rings is 1. The normalized spacial score (nSPS) is 10.3. The van der Waals surface area contributed by atoms with E-state index in [0.717, 1.165) is 0 Å². The summed E-state index contributed by atoms with van der Waals surface area (Å²) >= 11 is 6.36. The molecule has 0 unspecified atom stereocenters. The molecule has 2 aromatic rings. The van der Waals surface area contributed by atoms with Gasteiger partial charge in [-0.25, -0.2) is 4.79 Å². The van der Waals surface area contributed by atoms with Gasteiger partial charge < -0.3 is 9.84 Å². The van der Waals surface area contributed by atoms with Crippen LogP contribution in [0.4, 0.5) is 5.69 Å². The first kappa shape index (κ1) is 14.2. The first-order valence-corrected chi connectivity index (χ1v) is 6.41. The molecule has 0 amide bonds. The molecular formula is C11H7ClN2O5S. The van der Waals surface area contributed by atoms with E-state index in [9.17, 15) is 14.9 Å². The second-order valence-corrected chi connectivity index (χ2v) is 5.01. The molecule has 0 fully saturated rings. The maximum Gasteiger partial charge on any atom is 0.349 e. The number of nitrogens with zero attached hydrogens (tertiary/aromatic N) is 2. The Morgan fingerprint density at radius 3 is 2.80 bits per heavy atom. The summed E-state index contributed by atoms with van der Waals surface area (Å²) in [5.74, 6) is -1.22. The van der Waals surface area contributed by atoms with Crippen LogP contribution in [-0.2, 0) is 0 Å². The number of nitro groups is 1. The van der Waals surface area contributed by atoms with Gasteiger partial charge in [0, 0.05) is 6.07 Å². The van der Waals surface area contributed by atoms with E-state index in [1.54, 1.807) is 13.0 Å². The van der Waals surface area contributed by atoms with Crippen molar-refractivity contribution in [3.8, 4) is 10.9 Å². The van der Waals surface area contributed by atoms with E-state index in [2.05, 4.69) is 4.98 Å². The Morgan fingerprint density at radius 1 is 1.55 bits per heavy atom. The number of aromatic nitrogens is 1. The molecule has 2 rings (SSSR count). The van der Waals surface area contributed by atoms with Gasteiger partial charge >= 0.3 is 11.7 Å². The van der Waals surface area contributed by atoms with Crippen LogP contribution in [0, 0.1) is 17.0 Å². The molecule has 0 bridgehead atoms. The second-order valence-electron chi connectivity index (χ2n) is 3.69. The molecule has 1 heterocycles. The maximum atomic E-state index is 10.9. The van der Waals surface area contributed by atoms with Crippen LogP contribution >= 0.6 is 22.9 Å². The highest BCUT2D eigenvalue weighted by Crippen LogP contribution is 2.37. The van der Waals surface area contributed by atoms with Gasteiger partial charge in [0.25, 0.3) is 5.19 Å². The smallest absolute Gasteiger partial charge is 0.349 e. The number of carboxylic acids is 1. The Hall–Kier alpha value is -2.19. The van der Waals surface area contributed by atoms with Crippen LogP contribution in [0.25, 0.3) is 0 Å². The predicted molar refractivity (Wildman–Crippen MR) is 72.0 cm³/mol. The summed E-state index contributed by atoms with van der Waals surface area (Å²) < 4.78 is 5.33. The van der Waals surface area contributed by atoms with E-state index < -0.39 is 10.9 Å². The van der Waals surface area contributed by atoms with Crippen LogP contribution in [0.3, 0.4) is 0 Å². The first-order valence-electron chi connectivity index (χ1n) is 5.21. The highest BCUT2D eigenvalue weighted by atomic mass is 35.5. The van der Waals surface area contributed by atoms with Crippen molar-refractivity contribution >= 4 is 34.6 Å². The fourth-order valence-electron chi connectivity index (χ4n) is 1.46. The molecule has 0 aliphatic heterocycles. The van der Waals surface area contributed by atoms with Gasteiger partial charge in [-0.05, 0) is 12.5 Å². The van der Waals surface area contributed by atoms with Crippen LogP contribution in [0.1, 0.15) is 15.2 Å². The lowest BCUT2D eigenvalue weighted by molar-refractivity contribution is -0.385. The highest BCUT2D eigenvalue weighted by Gasteiger charge is 2.22. The second kappa shape index (κ2) is 5.43. The fourth-order valence-corrected chi connectivity index (χ4v) is 2.44. The SMILES string of the molecule is Cc1cccc([N+](=O)[O-])c1Oc1nc(Cl)c(C(=O)O)s1. The number of carboxylic acid groups (broad SMARTS) is 1. The Bertz CT molecular complexity index is 700. The molecular weight excluding hydrogens is 308 g/mol. The van der Waals surface area contributed by atoms with Crippen LogP contribution in [0.15, 0.2) is 18.2 Å². The number of halogens is 1. The average molecular weight is 315 g/mol. The topological polar surface area (TPSA) is 103 Å². The van der Waals surface area contributed by atoms with Crippen LogP contribution in [0.2, 0.25) is 5.15 Å². The molecule has 20 heavy (non-hydrogen) atoms. The number of aryl methyl sites for hydroxylation is 1. The molecule has 1 N–H and O–H groups in total. The van der Waals surface area contributed by atoms with E-state index in [4.69, 9.17) is 21.4 Å². The predicted octanol–water partition coefficient (Wildman–Crippen LogP) is 3.50. The van der Waals surface area contributed by atoms with Crippen LogP contribution in [0.5, 0.6) is 10.9 Å². The molecule has 0 atom stereocenters. The van der Waals surface area contributed by atoms with Gasteiger partial charge in [-0.15, -0.1) is 0 Å². The number of nitro benzene ring substituents is 1. The number of rotatable bonds is 4. The van der Waals surface area contributed by atoms with E-state index in [-0.39, 0.29) is 26.7 Å². The summed E-state index contributed by atoms with van der Waals surface area (Å²) in [6.07, 6.45) is 0. The minimum Gasteiger partial charge on any atom is -0.477 e. The number of carbonyl (C=O) groups is 1. The summed E-state index contributed by atoms with van der Waals surface area (Å²) in [5.41, 5.74) is 0.301. The molecule has 0 spiro atoms. The van der Waals surface area contributed by atoms with Crippen molar-refractivity contribution in [2.24, 2.45) is 0 Å². The van der Waals surface area contributed by atoms with Crippen molar-refractivity contribution in [1.82, 2.24) is 4.98 Å². The maximum absolute atomic E-state index is 10.9.